The lowest BCUT2D eigenvalue weighted by Crippen LogP contribution is -2.29. The zero-order valence-corrected chi connectivity index (χ0v) is 15.7. The summed E-state index contributed by atoms with van der Waals surface area (Å²) >= 11 is 0. The van der Waals surface area contributed by atoms with Crippen molar-refractivity contribution in [2.45, 2.75) is 25.5 Å². The number of carbonyl (C=O) groups is 1. The van der Waals surface area contributed by atoms with Crippen molar-refractivity contribution < 1.29 is 27.8 Å². The number of halogens is 2. The third-order valence-electron chi connectivity index (χ3n) is 5.03. The summed E-state index contributed by atoms with van der Waals surface area (Å²) < 4.78 is 40.8. The molecule has 0 N–H and O–H groups in total. The van der Waals surface area contributed by atoms with Crippen LogP contribution in [0.25, 0.3) is 6.08 Å². The number of fused-ring (bicyclic) bond motifs is 1. The smallest absolute Gasteiger partial charge is 0.387 e. The van der Waals surface area contributed by atoms with E-state index in [1.807, 2.05) is 18.2 Å². The number of likely N-dealkylation sites (tertiary alicyclic amines) is 1. The number of benzene rings is 2. The van der Waals surface area contributed by atoms with Crippen LogP contribution in [0.3, 0.4) is 0 Å². The van der Waals surface area contributed by atoms with Gasteiger partial charge in [0.1, 0.15) is 19.0 Å². The van der Waals surface area contributed by atoms with Gasteiger partial charge in [-0.25, -0.2) is 0 Å². The van der Waals surface area contributed by atoms with E-state index in [4.69, 9.17) is 9.47 Å². The van der Waals surface area contributed by atoms with Crippen molar-refractivity contribution in [1.29, 1.82) is 0 Å². The molecule has 152 valence electrons. The van der Waals surface area contributed by atoms with Crippen LogP contribution in [0.1, 0.15) is 30.0 Å². The Bertz CT molecular complexity index is 915. The van der Waals surface area contributed by atoms with E-state index >= 15 is 0 Å². The first-order chi connectivity index (χ1) is 14.1. The van der Waals surface area contributed by atoms with Crippen LogP contribution in [0, 0.1) is 0 Å². The lowest BCUT2D eigenvalue weighted by atomic mass is 10.0. The number of nitrogens with zero attached hydrogens (tertiary/aromatic N) is 1. The number of hydrogen-bond acceptors (Lipinski definition) is 4. The monoisotopic (exact) mass is 401 g/mol. The van der Waals surface area contributed by atoms with E-state index in [0.717, 1.165) is 18.4 Å². The molecule has 5 nitrogen and oxygen atoms in total. The van der Waals surface area contributed by atoms with Crippen LogP contribution >= 0.6 is 0 Å². The Morgan fingerprint density at radius 1 is 1.14 bits per heavy atom. The molecule has 1 amide bonds. The lowest BCUT2D eigenvalue weighted by molar-refractivity contribution is -0.126. The van der Waals surface area contributed by atoms with Crippen molar-refractivity contribution >= 4 is 12.0 Å². The first-order valence-electron chi connectivity index (χ1n) is 9.54. The predicted octanol–water partition coefficient (Wildman–Crippen LogP) is 4.44. The summed E-state index contributed by atoms with van der Waals surface area (Å²) in [6, 6.07) is 12.1. The van der Waals surface area contributed by atoms with Crippen LogP contribution in [-0.4, -0.2) is 37.2 Å². The van der Waals surface area contributed by atoms with Crippen LogP contribution < -0.4 is 14.2 Å². The van der Waals surface area contributed by atoms with Crippen LogP contribution in [0.15, 0.2) is 48.5 Å². The van der Waals surface area contributed by atoms with Gasteiger partial charge < -0.3 is 19.1 Å². The molecule has 7 heteroatoms. The molecule has 2 aromatic rings. The first-order valence-corrected chi connectivity index (χ1v) is 9.54. The molecule has 0 bridgehead atoms. The quantitative estimate of drug-likeness (QED) is 0.696. The molecule has 0 aromatic heterocycles. The zero-order valence-electron chi connectivity index (χ0n) is 15.7. The molecule has 1 atom stereocenters. The van der Waals surface area contributed by atoms with E-state index in [1.165, 1.54) is 18.2 Å². The van der Waals surface area contributed by atoms with Gasteiger partial charge in [-0.2, -0.15) is 8.78 Å². The largest absolute Gasteiger partial charge is 0.486 e. The van der Waals surface area contributed by atoms with E-state index in [0.29, 0.717) is 36.8 Å². The number of amides is 1. The second-order valence-electron chi connectivity index (χ2n) is 6.84. The summed E-state index contributed by atoms with van der Waals surface area (Å²) in [6.45, 7) is -1.25. The van der Waals surface area contributed by atoms with E-state index in [1.54, 1.807) is 23.1 Å². The minimum atomic E-state index is -2.92. The highest BCUT2D eigenvalue weighted by Gasteiger charge is 2.29. The molecule has 1 saturated heterocycles. The molecule has 0 aliphatic carbocycles. The zero-order chi connectivity index (χ0) is 20.2. The van der Waals surface area contributed by atoms with Gasteiger partial charge in [-0.1, -0.05) is 24.3 Å². The third-order valence-corrected chi connectivity index (χ3v) is 5.03. The van der Waals surface area contributed by atoms with Gasteiger partial charge in [-0.15, -0.1) is 0 Å². The minimum absolute atomic E-state index is 0.0383. The topological polar surface area (TPSA) is 48.0 Å². The van der Waals surface area contributed by atoms with Gasteiger partial charge in [-0.05, 0) is 42.7 Å². The van der Waals surface area contributed by atoms with E-state index in [2.05, 4.69) is 4.74 Å². The van der Waals surface area contributed by atoms with E-state index < -0.39 is 6.61 Å². The normalized spacial score (nSPS) is 18.4. The highest BCUT2D eigenvalue weighted by molar-refractivity contribution is 5.92. The Morgan fingerprint density at radius 3 is 2.76 bits per heavy atom. The predicted molar refractivity (Wildman–Crippen MR) is 103 cm³/mol. The Kier molecular flexibility index (Phi) is 5.64. The SMILES string of the molecule is O=C(/C=C/c1ccccc1OC(F)F)N1CCC[C@@H]1c1ccc2c(c1)OCCO2. The molecule has 2 aromatic carbocycles. The fourth-order valence-corrected chi connectivity index (χ4v) is 3.72. The second-order valence-corrected chi connectivity index (χ2v) is 6.84. The van der Waals surface area contributed by atoms with Gasteiger partial charge >= 0.3 is 6.61 Å². The van der Waals surface area contributed by atoms with Gasteiger partial charge in [0.15, 0.2) is 11.5 Å². The summed E-state index contributed by atoms with van der Waals surface area (Å²) in [6.07, 6.45) is 4.66. The number of hydrogen-bond donors (Lipinski definition) is 0. The van der Waals surface area contributed by atoms with Gasteiger partial charge in [-0.3, -0.25) is 4.79 Å². The van der Waals surface area contributed by atoms with Crippen LogP contribution in [-0.2, 0) is 4.79 Å². The molecule has 4 rings (SSSR count). The van der Waals surface area contributed by atoms with Crippen LogP contribution in [0.2, 0.25) is 0 Å². The Hall–Kier alpha value is -3.09. The molecule has 0 saturated carbocycles. The fourth-order valence-electron chi connectivity index (χ4n) is 3.72. The molecule has 0 radical (unpaired) electrons. The van der Waals surface area contributed by atoms with Gasteiger partial charge in [0, 0.05) is 18.2 Å². The van der Waals surface area contributed by atoms with Crippen LogP contribution in [0.4, 0.5) is 8.78 Å². The summed E-state index contributed by atoms with van der Waals surface area (Å²) in [5, 5.41) is 0. The van der Waals surface area contributed by atoms with Crippen LogP contribution in [0.5, 0.6) is 17.2 Å². The fraction of sp³-hybridized carbons (Fsp3) is 0.318. The van der Waals surface area contributed by atoms with Gasteiger partial charge in [0.25, 0.3) is 0 Å². The minimum Gasteiger partial charge on any atom is -0.486 e. The maximum atomic E-state index is 12.8. The average molecular weight is 401 g/mol. The molecule has 2 heterocycles. The summed E-state index contributed by atoms with van der Waals surface area (Å²) in [5.41, 5.74) is 1.42. The highest BCUT2D eigenvalue weighted by atomic mass is 19.3. The van der Waals surface area contributed by atoms with Gasteiger partial charge in [0.05, 0.1) is 6.04 Å². The number of carbonyl (C=O) groups excluding carboxylic acids is 1. The van der Waals surface area contributed by atoms with Crippen molar-refractivity contribution in [3.05, 3.63) is 59.7 Å². The maximum Gasteiger partial charge on any atom is 0.387 e. The number of rotatable bonds is 5. The molecule has 1 fully saturated rings. The Morgan fingerprint density at radius 2 is 1.93 bits per heavy atom. The second kappa shape index (κ2) is 8.51. The lowest BCUT2D eigenvalue weighted by Gasteiger charge is -2.26. The average Bonchev–Trinajstić information content (AvgIpc) is 3.22. The molecule has 29 heavy (non-hydrogen) atoms. The summed E-state index contributed by atoms with van der Waals surface area (Å²) in [5.74, 6) is 1.28. The Labute approximate surface area is 167 Å². The molecular weight excluding hydrogens is 380 g/mol. The number of para-hydroxylation sites is 1. The molecule has 2 aliphatic heterocycles. The van der Waals surface area contributed by atoms with Crippen molar-refractivity contribution in [3.63, 3.8) is 0 Å². The summed E-state index contributed by atoms with van der Waals surface area (Å²) in [7, 11) is 0. The van der Waals surface area contributed by atoms with Crippen molar-refractivity contribution in [3.8, 4) is 17.2 Å². The van der Waals surface area contributed by atoms with E-state index in [9.17, 15) is 13.6 Å². The van der Waals surface area contributed by atoms with Crippen molar-refractivity contribution in [1.82, 2.24) is 4.90 Å². The standard InChI is InChI=1S/C22H21F2NO4/c23-22(24)29-18-6-2-1-4-15(18)8-10-21(26)25-11-3-5-17(25)16-7-9-19-20(14-16)28-13-12-27-19/h1-2,4,6-10,14,17,22H,3,5,11-13H2/b10-8+/t17-/m1/s1. The first kappa shape index (κ1) is 19.2. The van der Waals surface area contributed by atoms with E-state index in [-0.39, 0.29) is 17.7 Å². The molecule has 0 unspecified atom stereocenters. The third kappa shape index (κ3) is 4.34. The molecule has 2 aliphatic rings. The van der Waals surface area contributed by atoms with Crippen molar-refractivity contribution in [2.24, 2.45) is 0 Å². The number of alkyl halides is 2. The maximum absolute atomic E-state index is 12.8. The molecular formula is C22H21F2NO4. The van der Waals surface area contributed by atoms with Crippen molar-refractivity contribution in [2.75, 3.05) is 19.8 Å². The highest BCUT2D eigenvalue weighted by Crippen LogP contribution is 2.38. The van der Waals surface area contributed by atoms with Gasteiger partial charge in [0.2, 0.25) is 5.91 Å². The summed E-state index contributed by atoms with van der Waals surface area (Å²) in [4.78, 5) is 14.6. The Balaban J connectivity index is 1.51. The molecule has 0 spiro atoms. The number of ether oxygens (including phenoxy) is 3.